The number of halogens is 6. The highest BCUT2D eigenvalue weighted by Crippen LogP contribution is 2.50. The first kappa shape index (κ1) is 29.7. The second-order valence-electron chi connectivity index (χ2n) is 10.5. The fourth-order valence-electron chi connectivity index (χ4n) is 5.10. The van der Waals surface area contributed by atoms with Crippen LogP contribution in [0.15, 0.2) is 53.7 Å². The largest absolute Gasteiger partial charge is 0.492 e. The molecule has 5 rings (SSSR count). The Hall–Kier alpha value is -2.76. The lowest BCUT2D eigenvalue weighted by Crippen LogP contribution is -2.42. The van der Waals surface area contributed by atoms with E-state index in [1.807, 2.05) is 26.0 Å². The van der Waals surface area contributed by atoms with Crippen LogP contribution < -0.4 is 10.8 Å². The highest BCUT2D eigenvalue weighted by atomic mass is 35.5. The average Bonchev–Trinajstić information content (AvgIpc) is 3.45. The molecule has 0 spiro atoms. The Kier molecular flexibility index (Phi) is 7.62. The van der Waals surface area contributed by atoms with E-state index in [-0.39, 0.29) is 38.8 Å². The van der Waals surface area contributed by atoms with Crippen LogP contribution in [-0.4, -0.2) is 29.9 Å². The molecule has 214 valence electrons. The number of alkyl halides is 3. The predicted molar refractivity (Wildman–Crippen MR) is 152 cm³/mol. The molecule has 3 aromatic carbocycles. The maximum atomic E-state index is 14.4. The smallest absolute Gasteiger partial charge is 0.423 e. The lowest BCUT2D eigenvalue weighted by molar-refractivity contribution is -0.275. The van der Waals surface area contributed by atoms with Crippen LogP contribution in [0.5, 0.6) is 0 Å². The molecule has 6 nitrogen and oxygen atoms in total. The highest BCUT2D eigenvalue weighted by Gasteiger charge is 2.62. The summed E-state index contributed by atoms with van der Waals surface area (Å²) in [6.07, 6.45) is -5.50. The fourth-order valence-corrected chi connectivity index (χ4v) is 5.70. The van der Waals surface area contributed by atoms with E-state index in [2.05, 4.69) is 10.5 Å². The summed E-state index contributed by atoms with van der Waals surface area (Å²) in [6, 6.07) is 12.3. The minimum Gasteiger partial charge on any atom is -0.423 e. The van der Waals surface area contributed by atoms with E-state index >= 15 is 0 Å². The molecule has 0 aliphatic carbocycles. The van der Waals surface area contributed by atoms with Crippen LogP contribution in [0.2, 0.25) is 15.1 Å². The summed E-state index contributed by atoms with van der Waals surface area (Å²) in [7, 11) is -1.04. The van der Waals surface area contributed by atoms with Gasteiger partial charge in [0.1, 0.15) is 0 Å². The van der Waals surface area contributed by atoms with Crippen molar-refractivity contribution in [1.29, 1.82) is 0 Å². The number of hydrogen-bond donors (Lipinski definition) is 2. The third kappa shape index (κ3) is 5.32. The minimum absolute atomic E-state index is 0.0430. The van der Waals surface area contributed by atoms with Gasteiger partial charge in [-0.15, -0.1) is 0 Å². The SMILES string of the molecule is Cc1cc(C2=NOC(c3cc(Cl)c(Cl)c(Cl)c3)(C(F)(F)F)C2)ccc1C(=O)NCc1ccc2c(c1)B(O)OC2(C)C. The van der Waals surface area contributed by atoms with Crippen molar-refractivity contribution in [1.82, 2.24) is 5.32 Å². The lowest BCUT2D eigenvalue weighted by Gasteiger charge is -2.30. The maximum absolute atomic E-state index is 14.4. The first-order valence-corrected chi connectivity index (χ1v) is 13.6. The monoisotopic (exact) mass is 624 g/mol. The number of nitrogens with zero attached hydrogens (tertiary/aromatic N) is 1. The fraction of sp³-hybridized carbons (Fsp3) is 0.286. The number of oxime groups is 1. The van der Waals surface area contributed by atoms with Crippen LogP contribution in [-0.2, 0) is 27.2 Å². The molecule has 0 bridgehead atoms. The van der Waals surface area contributed by atoms with Crippen LogP contribution in [0.4, 0.5) is 13.2 Å². The molecule has 0 aromatic heterocycles. The van der Waals surface area contributed by atoms with E-state index < -0.39 is 30.9 Å². The second kappa shape index (κ2) is 10.5. The molecule has 41 heavy (non-hydrogen) atoms. The van der Waals surface area contributed by atoms with Crippen molar-refractivity contribution in [3.63, 3.8) is 0 Å². The molecule has 1 unspecified atom stereocenters. The van der Waals surface area contributed by atoms with Crippen LogP contribution >= 0.6 is 34.8 Å². The minimum atomic E-state index is -4.86. The number of carbonyl (C=O) groups is 1. The molecule has 0 fully saturated rings. The van der Waals surface area contributed by atoms with Crippen LogP contribution in [0.3, 0.4) is 0 Å². The highest BCUT2D eigenvalue weighted by molar-refractivity contribution is 6.62. The number of amides is 1. The molecular weight excluding hydrogens is 602 g/mol. The summed E-state index contributed by atoms with van der Waals surface area (Å²) in [5.74, 6) is -0.369. The van der Waals surface area contributed by atoms with Crippen molar-refractivity contribution in [2.45, 2.75) is 51.1 Å². The molecular formula is C28H23BCl3F3N2O4. The summed E-state index contributed by atoms with van der Waals surface area (Å²) in [5.41, 5.74) is -0.163. The molecule has 2 aliphatic heterocycles. The van der Waals surface area contributed by atoms with Gasteiger partial charge in [-0.2, -0.15) is 13.2 Å². The van der Waals surface area contributed by atoms with E-state index in [0.717, 1.165) is 23.3 Å². The Balaban J connectivity index is 1.32. The Morgan fingerprint density at radius 3 is 2.41 bits per heavy atom. The van der Waals surface area contributed by atoms with Gasteiger partial charge in [0.15, 0.2) is 0 Å². The van der Waals surface area contributed by atoms with Gasteiger partial charge in [0.2, 0.25) is 0 Å². The maximum Gasteiger partial charge on any atom is 0.492 e. The summed E-state index contributed by atoms with van der Waals surface area (Å²) >= 11 is 17.9. The molecule has 13 heteroatoms. The zero-order valence-corrected chi connectivity index (χ0v) is 24.3. The summed E-state index contributed by atoms with van der Waals surface area (Å²) < 4.78 is 48.7. The zero-order valence-electron chi connectivity index (χ0n) is 22.0. The molecule has 0 saturated carbocycles. The number of rotatable bonds is 5. The molecule has 2 aliphatic rings. The Bertz CT molecular complexity index is 1580. The van der Waals surface area contributed by atoms with Gasteiger partial charge < -0.3 is 19.8 Å². The third-order valence-electron chi connectivity index (χ3n) is 7.33. The van der Waals surface area contributed by atoms with Gasteiger partial charge in [0, 0.05) is 24.1 Å². The van der Waals surface area contributed by atoms with Crippen LogP contribution in [0, 0.1) is 6.92 Å². The van der Waals surface area contributed by atoms with Crippen molar-refractivity contribution in [2.24, 2.45) is 5.16 Å². The molecule has 1 atom stereocenters. The third-order valence-corrected chi connectivity index (χ3v) is 8.53. The number of hydrogen-bond acceptors (Lipinski definition) is 5. The molecule has 2 heterocycles. The van der Waals surface area contributed by atoms with E-state index in [1.165, 1.54) is 12.1 Å². The van der Waals surface area contributed by atoms with Gasteiger partial charge in [-0.05, 0) is 72.8 Å². The van der Waals surface area contributed by atoms with E-state index in [4.69, 9.17) is 44.3 Å². The summed E-state index contributed by atoms with van der Waals surface area (Å²) in [5, 5.41) is 16.5. The Morgan fingerprint density at radius 1 is 1.10 bits per heavy atom. The number of aryl methyl sites for hydroxylation is 1. The van der Waals surface area contributed by atoms with Crippen LogP contribution in [0.25, 0.3) is 0 Å². The van der Waals surface area contributed by atoms with Crippen LogP contribution in [0.1, 0.15) is 58.4 Å². The lowest BCUT2D eigenvalue weighted by atomic mass is 9.77. The standard InChI is InChI=1S/C28H23BCl3F3N2O4/c1-14-8-16(23-12-27(41-37-23,28(33,34)35)17-10-21(30)24(32)22(31)11-17)5-6-18(14)25(38)36-13-15-4-7-19-20(9-15)29(39)40-26(19,2)3/h4-11,39H,12-13H2,1-3H3,(H,36,38). The van der Waals surface area contributed by atoms with E-state index in [1.54, 1.807) is 19.1 Å². The van der Waals surface area contributed by atoms with Crippen molar-refractivity contribution >= 4 is 59.0 Å². The topological polar surface area (TPSA) is 80.2 Å². The van der Waals surface area contributed by atoms with Gasteiger partial charge in [-0.3, -0.25) is 4.79 Å². The second-order valence-corrected chi connectivity index (χ2v) is 11.7. The first-order chi connectivity index (χ1) is 19.1. The van der Waals surface area contributed by atoms with Gasteiger partial charge >= 0.3 is 13.3 Å². The zero-order chi connectivity index (χ0) is 29.9. The summed E-state index contributed by atoms with van der Waals surface area (Å²) in [4.78, 5) is 18.0. The van der Waals surface area contributed by atoms with Crippen molar-refractivity contribution in [3.05, 3.63) is 97.0 Å². The van der Waals surface area contributed by atoms with Crippen molar-refractivity contribution in [3.8, 4) is 0 Å². The van der Waals surface area contributed by atoms with Crippen molar-refractivity contribution < 1.29 is 32.5 Å². The van der Waals surface area contributed by atoms with Crippen molar-refractivity contribution in [2.75, 3.05) is 0 Å². The normalized spacial score (nSPS) is 19.6. The van der Waals surface area contributed by atoms with E-state index in [0.29, 0.717) is 22.2 Å². The van der Waals surface area contributed by atoms with Gasteiger partial charge in [0.25, 0.3) is 11.5 Å². The van der Waals surface area contributed by atoms with Gasteiger partial charge in [-0.1, -0.05) is 64.2 Å². The van der Waals surface area contributed by atoms with Gasteiger partial charge in [-0.25, -0.2) is 0 Å². The molecule has 2 N–H and O–H groups in total. The number of fused-ring (bicyclic) bond motifs is 1. The predicted octanol–water partition coefficient (Wildman–Crippen LogP) is 6.42. The van der Waals surface area contributed by atoms with Gasteiger partial charge in [0.05, 0.1) is 26.4 Å². The van der Waals surface area contributed by atoms with E-state index in [9.17, 15) is 23.0 Å². The molecule has 1 amide bonds. The Labute approximate surface area is 249 Å². The first-order valence-electron chi connectivity index (χ1n) is 12.5. The number of carbonyl (C=O) groups excluding carboxylic acids is 1. The number of nitrogens with one attached hydrogen (secondary N) is 1. The molecule has 0 saturated heterocycles. The summed E-state index contributed by atoms with van der Waals surface area (Å²) in [6.45, 7) is 5.60. The quantitative estimate of drug-likeness (QED) is 0.253. The average molecular weight is 626 g/mol. The Morgan fingerprint density at radius 2 is 1.78 bits per heavy atom. The molecule has 0 radical (unpaired) electrons. The molecule has 3 aromatic rings. The number of benzene rings is 3.